The summed E-state index contributed by atoms with van der Waals surface area (Å²) in [5, 5.41) is 20.5. The molecule has 1 aliphatic heterocycles. The van der Waals surface area contributed by atoms with Gasteiger partial charge in [0, 0.05) is 23.7 Å². The molecule has 0 aliphatic carbocycles. The number of carbonyl (C=O) groups is 2. The third-order valence-corrected chi connectivity index (χ3v) is 4.90. The molecule has 3 rings (SSSR count). The van der Waals surface area contributed by atoms with Gasteiger partial charge in [0.05, 0.1) is 18.7 Å². The lowest BCUT2D eigenvalue weighted by atomic mass is 9.95. The number of benzene rings is 2. The summed E-state index contributed by atoms with van der Waals surface area (Å²) in [5.41, 5.74) is 1.06. The fraction of sp³-hybridized carbons (Fsp3) is 0.238. The number of amides is 1. The number of halogens is 1. The minimum atomic E-state index is -0.758. The molecule has 2 aromatic carbocycles. The molecule has 2 aromatic rings. The molecule has 1 aliphatic rings. The number of Topliss-reactive ketones (excluding diaryl/α,β-unsaturated/α-hetero) is 1. The number of likely N-dealkylation sites (tertiary alicyclic amines) is 1. The maximum atomic E-state index is 12.7. The topological polar surface area (TPSA) is 87.1 Å². The number of ether oxygens (including phenoxy) is 1. The Labute approximate surface area is 167 Å². The van der Waals surface area contributed by atoms with Gasteiger partial charge in [-0.25, -0.2) is 0 Å². The number of nitrogens with zero attached hydrogens (tertiary/aromatic N) is 1. The summed E-state index contributed by atoms with van der Waals surface area (Å²) in [6.45, 7) is 0.0741. The number of aliphatic hydroxyl groups is 2. The number of aliphatic hydroxyl groups excluding tert-OH is 2. The molecule has 1 atom stereocenters. The lowest BCUT2D eigenvalue weighted by Gasteiger charge is -2.25. The van der Waals surface area contributed by atoms with E-state index in [2.05, 4.69) is 0 Å². The molecule has 1 unspecified atom stereocenters. The molecule has 28 heavy (non-hydrogen) atoms. The Morgan fingerprint density at radius 3 is 2.32 bits per heavy atom. The van der Waals surface area contributed by atoms with Gasteiger partial charge in [0.2, 0.25) is 0 Å². The van der Waals surface area contributed by atoms with Crippen molar-refractivity contribution in [3.05, 3.63) is 70.3 Å². The fourth-order valence-corrected chi connectivity index (χ4v) is 3.37. The van der Waals surface area contributed by atoms with E-state index in [4.69, 9.17) is 21.4 Å². The van der Waals surface area contributed by atoms with E-state index in [1.54, 1.807) is 55.6 Å². The first-order valence-electron chi connectivity index (χ1n) is 8.77. The zero-order valence-electron chi connectivity index (χ0n) is 15.3. The van der Waals surface area contributed by atoms with Crippen LogP contribution in [-0.4, -0.2) is 47.1 Å². The van der Waals surface area contributed by atoms with Crippen LogP contribution >= 0.6 is 11.6 Å². The molecule has 0 radical (unpaired) electrons. The standard InChI is InChI=1S/C21H20ClNO5/c1-28-16-9-5-13(6-10-16)18-17(19(25)14-3-7-15(22)8-4-14)20(26)21(27)23(18)11-2-12-24/h3-10,18,24-25H,2,11-12H2,1H3/b19-17-. The molecule has 0 spiro atoms. The van der Waals surface area contributed by atoms with Crippen LogP contribution in [0.3, 0.4) is 0 Å². The van der Waals surface area contributed by atoms with E-state index in [1.165, 1.54) is 4.90 Å². The molecule has 6 nitrogen and oxygen atoms in total. The lowest BCUT2D eigenvalue weighted by Crippen LogP contribution is -2.31. The minimum Gasteiger partial charge on any atom is -0.507 e. The summed E-state index contributed by atoms with van der Waals surface area (Å²) in [7, 11) is 1.54. The van der Waals surface area contributed by atoms with Crippen molar-refractivity contribution in [2.75, 3.05) is 20.3 Å². The Bertz CT molecular complexity index is 905. The summed E-state index contributed by atoms with van der Waals surface area (Å²) in [6.07, 6.45) is 0.320. The first kappa shape index (κ1) is 19.9. The van der Waals surface area contributed by atoms with Crippen LogP contribution in [0.5, 0.6) is 5.75 Å². The van der Waals surface area contributed by atoms with Crippen LogP contribution in [0.1, 0.15) is 23.6 Å². The zero-order valence-corrected chi connectivity index (χ0v) is 16.0. The predicted octanol–water partition coefficient (Wildman–Crippen LogP) is 3.15. The average molecular weight is 402 g/mol. The van der Waals surface area contributed by atoms with Gasteiger partial charge in [0.15, 0.2) is 0 Å². The Hall–Kier alpha value is -2.83. The van der Waals surface area contributed by atoms with Crippen LogP contribution in [0.2, 0.25) is 5.02 Å². The van der Waals surface area contributed by atoms with Crippen molar-refractivity contribution in [1.29, 1.82) is 0 Å². The summed E-state index contributed by atoms with van der Waals surface area (Å²) >= 11 is 5.90. The molecule has 1 heterocycles. The molecule has 0 aromatic heterocycles. The molecular formula is C21H20ClNO5. The average Bonchev–Trinajstić information content (AvgIpc) is 2.97. The largest absolute Gasteiger partial charge is 0.507 e. The highest BCUT2D eigenvalue weighted by Crippen LogP contribution is 2.39. The Morgan fingerprint density at radius 2 is 1.75 bits per heavy atom. The van der Waals surface area contributed by atoms with E-state index in [1.807, 2.05) is 0 Å². The smallest absolute Gasteiger partial charge is 0.295 e. The highest BCUT2D eigenvalue weighted by Gasteiger charge is 2.45. The van der Waals surface area contributed by atoms with Crippen LogP contribution in [0, 0.1) is 0 Å². The van der Waals surface area contributed by atoms with Crippen molar-refractivity contribution in [3.63, 3.8) is 0 Å². The van der Waals surface area contributed by atoms with Crippen LogP contribution in [-0.2, 0) is 9.59 Å². The number of ketones is 1. The van der Waals surface area contributed by atoms with Crippen molar-refractivity contribution >= 4 is 29.1 Å². The van der Waals surface area contributed by atoms with Crippen molar-refractivity contribution in [1.82, 2.24) is 4.90 Å². The maximum absolute atomic E-state index is 12.7. The summed E-state index contributed by atoms with van der Waals surface area (Å²) in [4.78, 5) is 26.7. The summed E-state index contributed by atoms with van der Waals surface area (Å²) in [6, 6.07) is 12.6. The van der Waals surface area contributed by atoms with Crippen molar-refractivity contribution in [2.24, 2.45) is 0 Å². The SMILES string of the molecule is COc1ccc(C2/C(=C(/O)c3ccc(Cl)cc3)C(=O)C(=O)N2CCCO)cc1. The number of hydrogen-bond donors (Lipinski definition) is 2. The van der Waals surface area contributed by atoms with Crippen molar-refractivity contribution in [3.8, 4) is 5.75 Å². The second-order valence-corrected chi connectivity index (χ2v) is 6.79. The number of rotatable bonds is 6. The maximum Gasteiger partial charge on any atom is 0.295 e. The predicted molar refractivity (Wildman–Crippen MR) is 105 cm³/mol. The molecule has 0 saturated carbocycles. The summed E-state index contributed by atoms with van der Waals surface area (Å²) in [5.74, 6) is -1.09. The van der Waals surface area contributed by atoms with Crippen molar-refractivity contribution < 1.29 is 24.5 Å². The Kier molecular flexibility index (Phi) is 6.02. The lowest BCUT2D eigenvalue weighted by molar-refractivity contribution is -0.140. The third-order valence-electron chi connectivity index (χ3n) is 4.65. The molecule has 1 amide bonds. The van der Waals surface area contributed by atoms with Gasteiger partial charge in [-0.1, -0.05) is 23.7 Å². The number of carbonyl (C=O) groups excluding carboxylic acids is 2. The highest BCUT2D eigenvalue weighted by molar-refractivity contribution is 6.46. The zero-order chi connectivity index (χ0) is 20.3. The highest BCUT2D eigenvalue weighted by atomic mass is 35.5. The van der Waals surface area contributed by atoms with E-state index in [0.717, 1.165) is 0 Å². The summed E-state index contributed by atoms with van der Waals surface area (Å²) < 4.78 is 5.17. The molecule has 146 valence electrons. The first-order valence-corrected chi connectivity index (χ1v) is 9.15. The molecule has 1 fully saturated rings. The van der Waals surface area contributed by atoms with Gasteiger partial charge < -0.3 is 19.8 Å². The van der Waals surface area contributed by atoms with E-state index in [9.17, 15) is 14.7 Å². The van der Waals surface area contributed by atoms with Crippen LogP contribution in [0.4, 0.5) is 0 Å². The van der Waals surface area contributed by atoms with E-state index in [-0.39, 0.29) is 24.5 Å². The van der Waals surface area contributed by atoms with Gasteiger partial charge in [-0.05, 0) is 48.4 Å². The van der Waals surface area contributed by atoms with Gasteiger partial charge in [0.1, 0.15) is 11.5 Å². The molecular weight excluding hydrogens is 382 g/mol. The third kappa shape index (κ3) is 3.74. The Morgan fingerprint density at radius 1 is 1.11 bits per heavy atom. The van der Waals surface area contributed by atoms with Gasteiger partial charge in [0.25, 0.3) is 11.7 Å². The van der Waals surface area contributed by atoms with Crippen molar-refractivity contribution in [2.45, 2.75) is 12.5 Å². The normalized spacial score (nSPS) is 18.5. The fourth-order valence-electron chi connectivity index (χ4n) is 3.25. The van der Waals surface area contributed by atoms with Gasteiger partial charge in [-0.15, -0.1) is 0 Å². The molecule has 0 bridgehead atoms. The second kappa shape index (κ2) is 8.46. The minimum absolute atomic E-state index is 0.00966. The van der Waals surface area contributed by atoms with Gasteiger partial charge in [-0.2, -0.15) is 0 Å². The van der Waals surface area contributed by atoms with Crippen LogP contribution in [0.25, 0.3) is 5.76 Å². The second-order valence-electron chi connectivity index (χ2n) is 6.35. The monoisotopic (exact) mass is 401 g/mol. The Balaban J connectivity index is 2.13. The molecule has 7 heteroatoms. The van der Waals surface area contributed by atoms with E-state index >= 15 is 0 Å². The molecule has 2 N–H and O–H groups in total. The van der Waals surface area contributed by atoms with Gasteiger partial charge in [-0.3, -0.25) is 9.59 Å². The number of hydrogen-bond acceptors (Lipinski definition) is 5. The van der Waals surface area contributed by atoms with Crippen LogP contribution < -0.4 is 4.74 Å². The van der Waals surface area contributed by atoms with E-state index < -0.39 is 17.7 Å². The quantitative estimate of drug-likeness (QED) is 0.441. The van der Waals surface area contributed by atoms with Crippen LogP contribution in [0.15, 0.2) is 54.1 Å². The number of methoxy groups -OCH3 is 1. The molecule has 1 saturated heterocycles. The van der Waals surface area contributed by atoms with Gasteiger partial charge >= 0.3 is 0 Å². The first-order chi connectivity index (χ1) is 13.5. The van der Waals surface area contributed by atoms with E-state index in [0.29, 0.717) is 28.3 Å².